The highest BCUT2D eigenvalue weighted by molar-refractivity contribution is 5.48. The van der Waals surface area contributed by atoms with E-state index in [0.717, 1.165) is 23.2 Å². The van der Waals surface area contributed by atoms with Crippen LogP contribution in [0.1, 0.15) is 36.2 Å². The summed E-state index contributed by atoms with van der Waals surface area (Å²) < 4.78 is 5.65. The van der Waals surface area contributed by atoms with E-state index in [9.17, 15) is 10.4 Å². The Hall–Kier alpha value is -2.61. The molecule has 0 bridgehead atoms. The van der Waals surface area contributed by atoms with Crippen LogP contribution in [0.4, 0.5) is 0 Å². The van der Waals surface area contributed by atoms with Crippen LogP contribution in [0.3, 0.4) is 0 Å². The highest BCUT2D eigenvalue weighted by atomic mass is 16.5. The molecule has 1 heterocycles. The standard InChI is InChI=1S/C16H17N3O2/c1-4-13-14(9-17)16(19-18-15(13)5-2)21-12-7-10(3)6-11(20)8-12/h6-8,20H,4-5H2,1-3H3. The number of nitriles is 1. The molecule has 0 radical (unpaired) electrons. The minimum Gasteiger partial charge on any atom is -0.508 e. The molecule has 0 unspecified atom stereocenters. The first-order valence-electron chi connectivity index (χ1n) is 6.86. The van der Waals surface area contributed by atoms with Gasteiger partial charge in [0.2, 0.25) is 0 Å². The first-order valence-corrected chi connectivity index (χ1v) is 6.86. The molecule has 21 heavy (non-hydrogen) atoms. The number of nitrogens with zero attached hydrogens (tertiary/aromatic N) is 3. The molecule has 2 aromatic rings. The zero-order valence-corrected chi connectivity index (χ0v) is 12.3. The number of hydrogen-bond acceptors (Lipinski definition) is 5. The summed E-state index contributed by atoms with van der Waals surface area (Å²) in [4.78, 5) is 0. The Labute approximate surface area is 123 Å². The monoisotopic (exact) mass is 283 g/mol. The molecule has 0 aliphatic rings. The Balaban J connectivity index is 2.47. The summed E-state index contributed by atoms with van der Waals surface area (Å²) >= 11 is 0. The van der Waals surface area contributed by atoms with Crippen LogP contribution >= 0.6 is 0 Å². The molecule has 0 saturated carbocycles. The number of aromatic hydroxyl groups is 1. The lowest BCUT2D eigenvalue weighted by Crippen LogP contribution is -2.05. The smallest absolute Gasteiger partial charge is 0.257 e. The third-order valence-corrected chi connectivity index (χ3v) is 3.18. The molecule has 0 aliphatic carbocycles. The van der Waals surface area contributed by atoms with Gasteiger partial charge in [-0.15, -0.1) is 5.10 Å². The molecule has 0 amide bonds. The fourth-order valence-corrected chi connectivity index (χ4v) is 2.24. The number of rotatable bonds is 4. The number of aryl methyl sites for hydroxylation is 2. The van der Waals surface area contributed by atoms with Crippen molar-refractivity contribution in [1.29, 1.82) is 5.26 Å². The van der Waals surface area contributed by atoms with Crippen molar-refractivity contribution in [2.75, 3.05) is 0 Å². The molecule has 1 aromatic carbocycles. The molecule has 0 saturated heterocycles. The molecule has 1 N–H and O–H groups in total. The number of ether oxygens (including phenoxy) is 1. The third-order valence-electron chi connectivity index (χ3n) is 3.18. The lowest BCUT2D eigenvalue weighted by atomic mass is 10.0. The van der Waals surface area contributed by atoms with E-state index >= 15 is 0 Å². The molecule has 0 atom stereocenters. The van der Waals surface area contributed by atoms with Crippen LogP contribution in [0.15, 0.2) is 18.2 Å². The van der Waals surface area contributed by atoms with Crippen LogP contribution < -0.4 is 4.74 Å². The van der Waals surface area contributed by atoms with Crippen molar-refractivity contribution in [3.05, 3.63) is 40.6 Å². The van der Waals surface area contributed by atoms with Crippen LogP contribution in [-0.4, -0.2) is 15.3 Å². The van der Waals surface area contributed by atoms with E-state index < -0.39 is 0 Å². The molecule has 0 spiro atoms. The molecule has 108 valence electrons. The predicted octanol–water partition coefficient (Wildman–Crippen LogP) is 3.28. The number of benzene rings is 1. The Bertz CT molecular complexity index is 685. The second-order valence-electron chi connectivity index (χ2n) is 4.73. The van der Waals surface area contributed by atoms with Crippen LogP contribution in [0.25, 0.3) is 0 Å². The predicted molar refractivity (Wildman–Crippen MR) is 78.4 cm³/mol. The van der Waals surface area contributed by atoms with Crippen molar-refractivity contribution in [3.8, 4) is 23.4 Å². The Morgan fingerprint density at radius 3 is 2.52 bits per heavy atom. The minimum absolute atomic E-state index is 0.109. The van der Waals surface area contributed by atoms with Gasteiger partial charge in [-0.25, -0.2) is 0 Å². The average molecular weight is 283 g/mol. The van der Waals surface area contributed by atoms with Gasteiger partial charge in [0.25, 0.3) is 5.88 Å². The molecule has 5 nitrogen and oxygen atoms in total. The van der Waals surface area contributed by atoms with Gasteiger partial charge in [0.15, 0.2) is 0 Å². The summed E-state index contributed by atoms with van der Waals surface area (Å²) in [5, 5.41) is 27.1. The highest BCUT2D eigenvalue weighted by Gasteiger charge is 2.16. The van der Waals surface area contributed by atoms with Crippen LogP contribution in [-0.2, 0) is 12.8 Å². The van der Waals surface area contributed by atoms with Crippen molar-refractivity contribution in [3.63, 3.8) is 0 Å². The molecule has 1 aromatic heterocycles. The minimum atomic E-state index is 0.109. The van der Waals surface area contributed by atoms with Gasteiger partial charge in [0, 0.05) is 6.07 Å². The van der Waals surface area contributed by atoms with Gasteiger partial charge in [0.1, 0.15) is 23.1 Å². The fourth-order valence-electron chi connectivity index (χ4n) is 2.24. The number of hydrogen-bond donors (Lipinski definition) is 1. The van der Waals surface area contributed by atoms with E-state index in [4.69, 9.17) is 4.74 Å². The summed E-state index contributed by atoms with van der Waals surface area (Å²) in [5.41, 5.74) is 2.94. The number of aromatic nitrogens is 2. The number of phenols is 1. The molecule has 0 fully saturated rings. The Morgan fingerprint density at radius 1 is 1.19 bits per heavy atom. The number of phenolic OH excluding ortho intramolecular Hbond substituents is 1. The third kappa shape index (κ3) is 3.11. The lowest BCUT2D eigenvalue weighted by molar-refractivity contribution is 0.437. The molecule has 0 aliphatic heterocycles. The van der Waals surface area contributed by atoms with Crippen LogP contribution in [0, 0.1) is 18.3 Å². The van der Waals surface area contributed by atoms with E-state index in [1.807, 2.05) is 20.8 Å². The topological polar surface area (TPSA) is 79.0 Å². The van der Waals surface area contributed by atoms with Crippen molar-refractivity contribution >= 4 is 0 Å². The van der Waals surface area contributed by atoms with E-state index in [2.05, 4.69) is 16.3 Å². The summed E-state index contributed by atoms with van der Waals surface area (Å²) in [6, 6.07) is 7.02. The van der Waals surface area contributed by atoms with E-state index in [1.165, 1.54) is 6.07 Å². The Kier molecular flexibility index (Phi) is 4.39. The van der Waals surface area contributed by atoms with Crippen molar-refractivity contribution in [1.82, 2.24) is 10.2 Å². The summed E-state index contributed by atoms with van der Waals surface area (Å²) in [6.45, 7) is 5.80. The summed E-state index contributed by atoms with van der Waals surface area (Å²) in [6.07, 6.45) is 1.41. The van der Waals surface area contributed by atoms with E-state index in [-0.39, 0.29) is 11.6 Å². The zero-order chi connectivity index (χ0) is 15.4. The van der Waals surface area contributed by atoms with E-state index in [0.29, 0.717) is 17.7 Å². The van der Waals surface area contributed by atoms with Crippen LogP contribution in [0.5, 0.6) is 17.4 Å². The van der Waals surface area contributed by atoms with Crippen molar-refractivity contribution in [2.24, 2.45) is 0 Å². The Morgan fingerprint density at radius 2 is 1.95 bits per heavy atom. The first-order chi connectivity index (χ1) is 10.1. The summed E-state index contributed by atoms with van der Waals surface area (Å²) in [5.74, 6) is 0.721. The van der Waals surface area contributed by atoms with Gasteiger partial charge in [-0.05, 0) is 43.0 Å². The SMILES string of the molecule is CCc1nnc(Oc2cc(C)cc(O)c2)c(C#N)c1CC. The maximum atomic E-state index is 9.60. The van der Waals surface area contributed by atoms with Gasteiger partial charge < -0.3 is 9.84 Å². The second kappa shape index (κ2) is 6.23. The maximum absolute atomic E-state index is 9.60. The molecular weight excluding hydrogens is 266 g/mol. The van der Waals surface area contributed by atoms with Crippen molar-refractivity contribution in [2.45, 2.75) is 33.6 Å². The molecule has 5 heteroatoms. The average Bonchev–Trinajstić information content (AvgIpc) is 2.45. The quantitative estimate of drug-likeness (QED) is 0.931. The van der Waals surface area contributed by atoms with Crippen molar-refractivity contribution < 1.29 is 9.84 Å². The van der Waals surface area contributed by atoms with Gasteiger partial charge in [-0.2, -0.15) is 10.4 Å². The van der Waals surface area contributed by atoms with Gasteiger partial charge in [0.05, 0.1) is 5.69 Å². The normalized spacial score (nSPS) is 10.2. The van der Waals surface area contributed by atoms with E-state index in [1.54, 1.807) is 12.1 Å². The maximum Gasteiger partial charge on any atom is 0.257 e. The summed E-state index contributed by atoms with van der Waals surface area (Å²) in [7, 11) is 0. The second-order valence-corrected chi connectivity index (χ2v) is 4.73. The fraction of sp³-hybridized carbons (Fsp3) is 0.312. The highest BCUT2D eigenvalue weighted by Crippen LogP contribution is 2.29. The zero-order valence-electron chi connectivity index (χ0n) is 12.3. The molecular formula is C16H17N3O2. The van der Waals surface area contributed by atoms with Gasteiger partial charge in [-0.1, -0.05) is 13.8 Å². The largest absolute Gasteiger partial charge is 0.508 e. The molecule has 2 rings (SSSR count). The first kappa shape index (κ1) is 14.8. The van der Waals surface area contributed by atoms with Gasteiger partial charge >= 0.3 is 0 Å². The van der Waals surface area contributed by atoms with Crippen LogP contribution in [0.2, 0.25) is 0 Å². The lowest BCUT2D eigenvalue weighted by Gasteiger charge is -2.11. The van der Waals surface area contributed by atoms with Gasteiger partial charge in [-0.3, -0.25) is 0 Å².